The number of hydrogen-bond acceptors (Lipinski definition) is 5. The number of piperazine rings is 1. The molecule has 0 unspecified atom stereocenters. The maximum atomic E-state index is 13.0. The Morgan fingerprint density at radius 3 is 2.28 bits per heavy atom. The van der Waals surface area contributed by atoms with E-state index in [0.29, 0.717) is 26.2 Å². The van der Waals surface area contributed by atoms with Gasteiger partial charge in [0.2, 0.25) is 10.0 Å². The third kappa shape index (κ3) is 5.15. The molecule has 2 aliphatic heterocycles. The van der Waals surface area contributed by atoms with Gasteiger partial charge >= 0.3 is 5.97 Å². The van der Waals surface area contributed by atoms with Gasteiger partial charge in [0.05, 0.1) is 11.4 Å². The molecule has 2 aliphatic rings. The Hall–Kier alpha value is -1.97. The average Bonchev–Trinajstić information content (AvgIpc) is 3.16. The van der Waals surface area contributed by atoms with Crippen LogP contribution in [0.4, 0.5) is 0 Å². The van der Waals surface area contributed by atoms with Gasteiger partial charge in [0, 0.05) is 51.9 Å². The van der Waals surface area contributed by atoms with Crippen LogP contribution in [0.2, 0.25) is 5.02 Å². The quantitative estimate of drug-likeness (QED) is 0.660. The summed E-state index contributed by atoms with van der Waals surface area (Å²) in [6.07, 6.45) is 0.119. The van der Waals surface area contributed by atoms with E-state index in [9.17, 15) is 18.3 Å². The Morgan fingerprint density at radius 2 is 1.62 bits per heavy atom. The molecule has 2 fully saturated rings. The molecule has 0 spiro atoms. The molecule has 1 N–H and O–H groups in total. The molecule has 2 saturated heterocycles. The highest BCUT2D eigenvalue weighted by atomic mass is 35.5. The summed E-state index contributed by atoms with van der Waals surface area (Å²) < 4.78 is 27.6. The first-order chi connectivity index (χ1) is 15.3. The number of rotatable bonds is 7. The van der Waals surface area contributed by atoms with Gasteiger partial charge in [-0.3, -0.25) is 14.6 Å². The van der Waals surface area contributed by atoms with Gasteiger partial charge in [-0.05, 0) is 23.6 Å². The summed E-state index contributed by atoms with van der Waals surface area (Å²) in [5.41, 5.74) is 1.21. The van der Waals surface area contributed by atoms with Crippen molar-refractivity contribution in [2.45, 2.75) is 23.9 Å². The highest BCUT2D eigenvalue weighted by Gasteiger charge is 2.40. The molecule has 0 aromatic heterocycles. The van der Waals surface area contributed by atoms with Gasteiger partial charge in [0.15, 0.2) is 0 Å². The molecule has 4 rings (SSSR count). The van der Waals surface area contributed by atoms with E-state index in [0.717, 1.165) is 19.6 Å². The van der Waals surface area contributed by atoms with Crippen molar-refractivity contribution in [3.05, 3.63) is 65.2 Å². The van der Waals surface area contributed by atoms with E-state index in [4.69, 9.17) is 11.6 Å². The molecule has 0 aliphatic carbocycles. The van der Waals surface area contributed by atoms with Crippen LogP contribution in [0.1, 0.15) is 12.0 Å². The molecule has 2 aromatic rings. The van der Waals surface area contributed by atoms with E-state index in [1.807, 2.05) is 18.2 Å². The zero-order valence-corrected chi connectivity index (χ0v) is 19.4. The highest BCUT2D eigenvalue weighted by molar-refractivity contribution is 7.89. The minimum atomic E-state index is -3.65. The number of nitrogens with zero attached hydrogens (tertiary/aromatic N) is 3. The molecule has 0 radical (unpaired) electrons. The summed E-state index contributed by atoms with van der Waals surface area (Å²) in [7, 11) is -3.65. The van der Waals surface area contributed by atoms with Crippen molar-refractivity contribution in [1.82, 2.24) is 14.1 Å². The van der Waals surface area contributed by atoms with Gasteiger partial charge in [-0.2, -0.15) is 4.31 Å². The molecule has 172 valence electrons. The van der Waals surface area contributed by atoms with E-state index in [1.54, 1.807) is 18.2 Å². The van der Waals surface area contributed by atoms with Crippen LogP contribution in [0.3, 0.4) is 0 Å². The lowest BCUT2D eigenvalue weighted by Crippen LogP contribution is -2.54. The largest absolute Gasteiger partial charge is 0.481 e. The SMILES string of the molecule is O=C(O)C[C@@H]1CN(Cc2ccccc2)C[C@@H]1N1CCN(S(=O)(=O)c2ccccc2Cl)CC1. The van der Waals surface area contributed by atoms with Crippen molar-refractivity contribution < 1.29 is 18.3 Å². The van der Waals surface area contributed by atoms with Crippen molar-refractivity contribution in [1.29, 1.82) is 0 Å². The Labute approximate surface area is 194 Å². The molecule has 2 heterocycles. The van der Waals surface area contributed by atoms with E-state index >= 15 is 0 Å². The fraction of sp³-hybridized carbons (Fsp3) is 0.435. The average molecular weight is 478 g/mol. The number of sulfonamides is 1. The summed E-state index contributed by atoms with van der Waals surface area (Å²) in [6, 6.07) is 16.8. The van der Waals surface area contributed by atoms with Crippen molar-refractivity contribution in [3.8, 4) is 0 Å². The Bertz CT molecular complexity index is 1040. The van der Waals surface area contributed by atoms with Crippen LogP contribution >= 0.6 is 11.6 Å². The predicted molar refractivity (Wildman–Crippen MR) is 123 cm³/mol. The maximum absolute atomic E-state index is 13.0. The van der Waals surface area contributed by atoms with Crippen LogP contribution in [0, 0.1) is 5.92 Å². The van der Waals surface area contributed by atoms with E-state index in [-0.39, 0.29) is 28.3 Å². The Morgan fingerprint density at radius 1 is 0.969 bits per heavy atom. The summed E-state index contributed by atoms with van der Waals surface area (Å²) in [6.45, 7) is 4.17. The van der Waals surface area contributed by atoms with Crippen molar-refractivity contribution in [2.24, 2.45) is 5.92 Å². The number of benzene rings is 2. The fourth-order valence-corrected chi connectivity index (χ4v) is 6.73. The van der Waals surface area contributed by atoms with Gasteiger partial charge in [0.25, 0.3) is 0 Å². The second-order valence-electron chi connectivity index (χ2n) is 8.48. The molecular formula is C23H28ClN3O4S. The molecule has 9 heteroatoms. The minimum absolute atomic E-state index is 0.0166. The van der Waals surface area contributed by atoms with Crippen LogP contribution in [-0.4, -0.2) is 78.9 Å². The van der Waals surface area contributed by atoms with Crippen LogP contribution in [-0.2, 0) is 21.4 Å². The van der Waals surface area contributed by atoms with Crippen LogP contribution in [0.25, 0.3) is 0 Å². The second kappa shape index (κ2) is 9.89. The number of carbonyl (C=O) groups is 1. The van der Waals surface area contributed by atoms with Crippen LogP contribution in [0.15, 0.2) is 59.5 Å². The first-order valence-electron chi connectivity index (χ1n) is 10.8. The molecule has 32 heavy (non-hydrogen) atoms. The maximum Gasteiger partial charge on any atom is 0.303 e. The van der Waals surface area contributed by atoms with Crippen LogP contribution in [0.5, 0.6) is 0 Å². The number of carboxylic acids is 1. The summed E-state index contributed by atoms with van der Waals surface area (Å²) in [5.74, 6) is -0.774. The molecule has 2 atom stereocenters. The summed E-state index contributed by atoms with van der Waals surface area (Å²) >= 11 is 6.13. The number of halogens is 1. The van der Waals surface area contributed by atoms with E-state index in [1.165, 1.54) is 15.9 Å². The fourth-order valence-electron chi connectivity index (χ4n) is 4.82. The minimum Gasteiger partial charge on any atom is -0.481 e. The zero-order chi connectivity index (χ0) is 22.7. The molecular weight excluding hydrogens is 450 g/mol. The molecule has 0 bridgehead atoms. The third-order valence-electron chi connectivity index (χ3n) is 6.36. The summed E-state index contributed by atoms with van der Waals surface area (Å²) in [5, 5.41) is 9.66. The third-order valence-corrected chi connectivity index (χ3v) is 8.76. The smallest absolute Gasteiger partial charge is 0.303 e. The van der Waals surface area contributed by atoms with Crippen molar-refractivity contribution in [2.75, 3.05) is 39.3 Å². The predicted octanol–water partition coefficient (Wildman–Crippen LogP) is 2.62. The first kappa shape index (κ1) is 23.2. The van der Waals surface area contributed by atoms with Crippen LogP contribution < -0.4 is 0 Å². The standard InChI is InChI=1S/C23H28ClN3O4S/c24-20-8-4-5-9-22(20)32(30,31)27-12-10-26(11-13-27)21-17-25(16-19(21)14-23(28)29)15-18-6-2-1-3-7-18/h1-9,19,21H,10-17H2,(H,28,29)/t19-,21+/m1/s1. The highest BCUT2D eigenvalue weighted by Crippen LogP contribution is 2.29. The van der Waals surface area contributed by atoms with Gasteiger partial charge in [-0.1, -0.05) is 54.1 Å². The Kier molecular flexibility index (Phi) is 7.17. The zero-order valence-electron chi connectivity index (χ0n) is 17.8. The number of hydrogen-bond donors (Lipinski definition) is 1. The lowest BCUT2D eigenvalue weighted by Gasteiger charge is -2.39. The topological polar surface area (TPSA) is 81.2 Å². The Balaban J connectivity index is 1.42. The lowest BCUT2D eigenvalue weighted by molar-refractivity contribution is -0.138. The second-order valence-corrected chi connectivity index (χ2v) is 10.8. The molecule has 7 nitrogen and oxygen atoms in total. The van der Waals surface area contributed by atoms with E-state index in [2.05, 4.69) is 21.9 Å². The number of likely N-dealkylation sites (tertiary alicyclic amines) is 1. The monoisotopic (exact) mass is 477 g/mol. The van der Waals surface area contributed by atoms with Gasteiger partial charge in [-0.25, -0.2) is 8.42 Å². The molecule has 2 aromatic carbocycles. The van der Waals surface area contributed by atoms with Gasteiger partial charge in [-0.15, -0.1) is 0 Å². The number of carboxylic acid groups (broad SMARTS) is 1. The molecule has 0 amide bonds. The summed E-state index contributed by atoms with van der Waals surface area (Å²) in [4.78, 5) is 16.2. The first-order valence-corrected chi connectivity index (χ1v) is 12.6. The number of aliphatic carboxylic acids is 1. The van der Waals surface area contributed by atoms with Gasteiger partial charge in [0.1, 0.15) is 4.90 Å². The normalized spacial score (nSPS) is 23.4. The van der Waals surface area contributed by atoms with Crippen molar-refractivity contribution in [3.63, 3.8) is 0 Å². The van der Waals surface area contributed by atoms with Crippen molar-refractivity contribution >= 4 is 27.6 Å². The van der Waals surface area contributed by atoms with E-state index < -0.39 is 16.0 Å². The lowest BCUT2D eigenvalue weighted by atomic mass is 9.98. The van der Waals surface area contributed by atoms with Gasteiger partial charge < -0.3 is 5.11 Å². The molecule has 0 saturated carbocycles.